The van der Waals surface area contributed by atoms with Crippen LogP contribution in [-0.4, -0.2) is 26.2 Å². The Hall–Kier alpha value is -3.61. The predicted molar refractivity (Wildman–Crippen MR) is 100 cm³/mol. The summed E-state index contributed by atoms with van der Waals surface area (Å²) in [6.07, 6.45) is -3.05. The first kappa shape index (κ1) is 21.1. The fraction of sp³-hybridized carbons (Fsp3) is 0.118. The van der Waals surface area contributed by atoms with Crippen LogP contribution < -0.4 is 16.4 Å². The van der Waals surface area contributed by atoms with Crippen LogP contribution in [0.5, 0.6) is 0 Å². The van der Waals surface area contributed by atoms with E-state index in [4.69, 9.17) is 5.73 Å². The highest BCUT2D eigenvalue weighted by Crippen LogP contribution is 2.31. The van der Waals surface area contributed by atoms with E-state index in [2.05, 4.69) is 25.0 Å². The lowest BCUT2D eigenvalue weighted by molar-refractivity contribution is -0.141. The van der Waals surface area contributed by atoms with Gasteiger partial charge in [0.15, 0.2) is 5.69 Å². The van der Waals surface area contributed by atoms with Crippen molar-refractivity contribution in [2.45, 2.75) is 13.1 Å². The fourth-order valence-electron chi connectivity index (χ4n) is 2.39. The molecule has 0 radical (unpaired) electrons. The molecular formula is C17H12F4N6O2S. The van der Waals surface area contributed by atoms with Crippen molar-refractivity contribution in [1.29, 1.82) is 0 Å². The van der Waals surface area contributed by atoms with Crippen molar-refractivity contribution in [2.24, 2.45) is 5.73 Å². The Balaban J connectivity index is 1.87. The number of rotatable bonds is 5. The molecule has 3 aromatic rings. The van der Waals surface area contributed by atoms with Crippen LogP contribution in [0.4, 0.5) is 34.1 Å². The fourth-order valence-corrected chi connectivity index (χ4v) is 3.19. The number of aryl methyl sites for hydroxylation is 1. The number of primary amides is 1. The maximum atomic E-state index is 13.6. The first-order chi connectivity index (χ1) is 14.1. The van der Waals surface area contributed by atoms with Crippen molar-refractivity contribution in [2.75, 3.05) is 10.6 Å². The van der Waals surface area contributed by atoms with Gasteiger partial charge in [-0.3, -0.25) is 14.6 Å². The molecule has 2 amide bonds. The van der Waals surface area contributed by atoms with E-state index >= 15 is 0 Å². The number of halogens is 4. The van der Waals surface area contributed by atoms with Crippen LogP contribution >= 0.6 is 11.5 Å². The third kappa shape index (κ3) is 4.51. The van der Waals surface area contributed by atoms with Crippen LogP contribution in [0.3, 0.4) is 0 Å². The van der Waals surface area contributed by atoms with Gasteiger partial charge in [-0.05, 0) is 36.7 Å². The summed E-state index contributed by atoms with van der Waals surface area (Å²) in [5.74, 6) is -2.78. The van der Waals surface area contributed by atoms with Gasteiger partial charge in [0.25, 0.3) is 11.8 Å². The van der Waals surface area contributed by atoms with E-state index in [1.807, 2.05) is 0 Å². The van der Waals surface area contributed by atoms with Crippen LogP contribution in [0.2, 0.25) is 0 Å². The van der Waals surface area contributed by atoms with Crippen LogP contribution in [0.1, 0.15) is 32.1 Å². The van der Waals surface area contributed by atoms with Gasteiger partial charge in [0.1, 0.15) is 16.6 Å². The van der Waals surface area contributed by atoms with Crippen LogP contribution in [0.25, 0.3) is 0 Å². The Labute approximate surface area is 170 Å². The van der Waals surface area contributed by atoms with Gasteiger partial charge >= 0.3 is 6.18 Å². The molecule has 0 spiro atoms. The molecule has 2 aromatic heterocycles. The van der Waals surface area contributed by atoms with Gasteiger partial charge in [0.2, 0.25) is 0 Å². The number of carbonyl (C=O) groups excluding carboxylic acids is 2. The number of nitrogens with one attached hydrogen (secondary N) is 2. The number of anilines is 3. The van der Waals surface area contributed by atoms with Crippen LogP contribution in [0.15, 0.2) is 30.6 Å². The summed E-state index contributed by atoms with van der Waals surface area (Å²) in [6, 6.07) is 3.25. The topological polar surface area (TPSA) is 123 Å². The maximum absolute atomic E-state index is 13.6. The molecule has 0 unspecified atom stereocenters. The monoisotopic (exact) mass is 440 g/mol. The van der Waals surface area contributed by atoms with E-state index in [1.54, 1.807) is 0 Å². The number of alkyl halides is 3. The maximum Gasteiger partial charge on any atom is 0.434 e. The molecule has 0 atom stereocenters. The number of nitrogens with zero attached hydrogens (tertiary/aromatic N) is 3. The molecule has 0 aliphatic rings. The van der Waals surface area contributed by atoms with E-state index in [9.17, 15) is 27.2 Å². The Bertz CT molecular complexity index is 1130. The second-order valence-electron chi connectivity index (χ2n) is 5.90. The number of hydrogen-bond acceptors (Lipinski definition) is 7. The number of hydrogen-bond donors (Lipinski definition) is 3. The minimum absolute atomic E-state index is 0.0316. The van der Waals surface area contributed by atoms with Crippen LogP contribution in [-0.2, 0) is 6.18 Å². The number of aromatic nitrogens is 3. The summed E-state index contributed by atoms with van der Waals surface area (Å²) < 4.78 is 56.1. The van der Waals surface area contributed by atoms with E-state index in [-0.39, 0.29) is 27.8 Å². The van der Waals surface area contributed by atoms with E-state index in [0.29, 0.717) is 6.20 Å². The van der Waals surface area contributed by atoms with Crippen LogP contribution in [0, 0.1) is 12.7 Å². The second-order valence-corrected chi connectivity index (χ2v) is 6.67. The molecule has 0 aliphatic heterocycles. The smallest absolute Gasteiger partial charge is 0.366 e. The van der Waals surface area contributed by atoms with Gasteiger partial charge in [-0.25, -0.2) is 9.37 Å². The normalized spacial score (nSPS) is 11.2. The molecule has 3 rings (SSSR count). The van der Waals surface area contributed by atoms with Crippen molar-refractivity contribution in [1.82, 2.24) is 14.3 Å². The molecule has 0 aliphatic carbocycles. The van der Waals surface area contributed by atoms with E-state index in [0.717, 1.165) is 29.9 Å². The summed E-state index contributed by atoms with van der Waals surface area (Å²) >= 11 is 0.829. The Kier molecular flexibility index (Phi) is 5.64. The van der Waals surface area contributed by atoms with Crippen molar-refractivity contribution < 1.29 is 27.2 Å². The Morgan fingerprint density at radius 1 is 1.20 bits per heavy atom. The average Bonchev–Trinajstić information content (AvgIpc) is 3.03. The van der Waals surface area contributed by atoms with Crippen molar-refractivity contribution in [3.8, 4) is 0 Å². The highest BCUT2D eigenvalue weighted by Gasteiger charge is 2.33. The van der Waals surface area contributed by atoms with E-state index < -0.39 is 35.1 Å². The minimum Gasteiger partial charge on any atom is -0.366 e. The number of amides is 2. The number of carbonyl (C=O) groups is 2. The molecule has 2 heterocycles. The molecule has 0 fully saturated rings. The highest BCUT2D eigenvalue weighted by atomic mass is 32.1. The molecule has 156 valence electrons. The number of benzene rings is 1. The summed E-state index contributed by atoms with van der Waals surface area (Å²) in [6.45, 7) is 1.52. The van der Waals surface area contributed by atoms with Crippen molar-refractivity contribution in [3.63, 3.8) is 0 Å². The summed E-state index contributed by atoms with van der Waals surface area (Å²) in [5, 5.41) is 5.19. The van der Waals surface area contributed by atoms with Gasteiger partial charge in [-0.1, -0.05) is 0 Å². The van der Waals surface area contributed by atoms with Crippen molar-refractivity contribution >= 4 is 39.9 Å². The van der Waals surface area contributed by atoms with Gasteiger partial charge in [0.05, 0.1) is 29.2 Å². The van der Waals surface area contributed by atoms with E-state index in [1.165, 1.54) is 13.0 Å². The van der Waals surface area contributed by atoms with Gasteiger partial charge in [0, 0.05) is 5.69 Å². The molecule has 4 N–H and O–H groups in total. The van der Waals surface area contributed by atoms with Crippen molar-refractivity contribution in [3.05, 3.63) is 58.9 Å². The highest BCUT2D eigenvalue weighted by molar-refractivity contribution is 7.10. The lowest BCUT2D eigenvalue weighted by atomic mass is 10.1. The third-order valence-electron chi connectivity index (χ3n) is 3.75. The minimum atomic E-state index is -4.69. The summed E-state index contributed by atoms with van der Waals surface area (Å²) in [7, 11) is 0. The quantitative estimate of drug-likeness (QED) is 0.522. The molecule has 30 heavy (non-hydrogen) atoms. The molecule has 0 saturated carbocycles. The lowest BCUT2D eigenvalue weighted by Crippen LogP contribution is -2.17. The Morgan fingerprint density at radius 3 is 2.60 bits per heavy atom. The standard InChI is InChI=1S/C17H12F4N6O2S/c1-7-13(15(29)24-8-2-3-10(18)9(4-8)14(22)28)16(30-27-7)26-12-6-23-5-11(25-12)17(19,20)21/h2-6H,1H3,(H2,22,28)(H,24,29)(H,25,26). The molecular weight excluding hydrogens is 428 g/mol. The zero-order chi connectivity index (χ0) is 22.1. The van der Waals surface area contributed by atoms with Gasteiger partial charge < -0.3 is 16.4 Å². The first-order valence-electron chi connectivity index (χ1n) is 8.09. The zero-order valence-electron chi connectivity index (χ0n) is 15.0. The third-order valence-corrected chi connectivity index (χ3v) is 4.60. The molecule has 1 aromatic carbocycles. The SMILES string of the molecule is Cc1nsc(Nc2cncc(C(F)(F)F)n2)c1C(=O)Nc1ccc(F)c(C(N)=O)c1. The zero-order valence-corrected chi connectivity index (χ0v) is 15.9. The summed E-state index contributed by atoms with van der Waals surface area (Å²) in [5.41, 5.74) is 3.88. The van der Waals surface area contributed by atoms with Gasteiger partial charge in [-0.2, -0.15) is 17.5 Å². The second kappa shape index (κ2) is 8.02. The summed E-state index contributed by atoms with van der Waals surface area (Å²) in [4.78, 5) is 30.9. The molecule has 0 bridgehead atoms. The van der Waals surface area contributed by atoms with Gasteiger partial charge in [-0.15, -0.1) is 0 Å². The average molecular weight is 440 g/mol. The molecule has 0 saturated heterocycles. The molecule has 13 heteroatoms. The lowest BCUT2D eigenvalue weighted by Gasteiger charge is -2.10. The Morgan fingerprint density at radius 2 is 1.93 bits per heavy atom. The predicted octanol–water partition coefficient (Wildman–Crippen LogP) is 3.49. The number of nitrogens with two attached hydrogens (primary N) is 1. The molecule has 8 nitrogen and oxygen atoms in total. The largest absolute Gasteiger partial charge is 0.434 e. The first-order valence-corrected chi connectivity index (χ1v) is 8.87.